The fraction of sp³-hybridized carbons (Fsp3) is 0.700. The molecule has 2 saturated carbocycles. The summed E-state index contributed by atoms with van der Waals surface area (Å²) in [6.45, 7) is 3.69. The number of hydrogen-bond acceptors (Lipinski definition) is 3. The van der Waals surface area contributed by atoms with Crippen LogP contribution in [0, 0.1) is 11.8 Å². The van der Waals surface area contributed by atoms with Crippen molar-refractivity contribution in [1.29, 1.82) is 0 Å². The van der Waals surface area contributed by atoms with Gasteiger partial charge < -0.3 is 15.4 Å². The SMILES string of the molecule is CCNC(=NCc1ccnc(OCC2CC2)c1)NC1CCCC(C(F)(F)F)C1.I. The van der Waals surface area contributed by atoms with Crippen molar-refractivity contribution in [3.63, 3.8) is 0 Å². The Bertz CT molecular complexity index is 667. The molecular weight excluding hydrogens is 496 g/mol. The van der Waals surface area contributed by atoms with Crippen LogP contribution in [0.15, 0.2) is 23.3 Å². The van der Waals surface area contributed by atoms with Crippen molar-refractivity contribution in [2.45, 2.75) is 64.2 Å². The molecule has 9 heteroatoms. The standard InChI is InChI=1S/C20H29F3N4O.HI/c1-2-24-19(27-17-5-3-4-16(11-17)20(21,22)23)26-12-15-8-9-25-18(10-15)28-13-14-6-7-14;/h8-10,14,16-17H,2-7,11-13H2,1H3,(H2,24,26,27);1H. The van der Waals surface area contributed by atoms with Gasteiger partial charge in [-0.05, 0) is 56.6 Å². The predicted molar refractivity (Wildman–Crippen MR) is 118 cm³/mol. The number of ether oxygens (including phenoxy) is 1. The van der Waals surface area contributed by atoms with Crippen LogP contribution in [0.1, 0.15) is 51.0 Å². The van der Waals surface area contributed by atoms with Crippen LogP contribution in [0.25, 0.3) is 0 Å². The fourth-order valence-electron chi connectivity index (χ4n) is 3.42. The van der Waals surface area contributed by atoms with E-state index in [2.05, 4.69) is 20.6 Å². The van der Waals surface area contributed by atoms with Gasteiger partial charge in [0.15, 0.2) is 5.96 Å². The summed E-state index contributed by atoms with van der Waals surface area (Å²) < 4.78 is 44.8. The van der Waals surface area contributed by atoms with Gasteiger partial charge in [0, 0.05) is 24.8 Å². The van der Waals surface area contributed by atoms with Crippen molar-refractivity contribution in [2.24, 2.45) is 16.8 Å². The number of guanidine groups is 1. The highest BCUT2D eigenvalue weighted by Gasteiger charge is 2.42. The lowest BCUT2D eigenvalue weighted by Crippen LogP contribution is -2.46. The van der Waals surface area contributed by atoms with Gasteiger partial charge >= 0.3 is 6.18 Å². The molecule has 0 spiro atoms. The van der Waals surface area contributed by atoms with Gasteiger partial charge in [-0.25, -0.2) is 9.98 Å². The number of aromatic nitrogens is 1. The molecule has 1 heterocycles. The molecule has 0 aliphatic heterocycles. The van der Waals surface area contributed by atoms with Crippen LogP contribution in [-0.2, 0) is 6.54 Å². The van der Waals surface area contributed by atoms with Crippen molar-refractivity contribution < 1.29 is 17.9 Å². The molecule has 2 unspecified atom stereocenters. The predicted octanol–water partition coefficient (Wildman–Crippen LogP) is 4.66. The lowest BCUT2D eigenvalue weighted by atomic mass is 9.85. The number of aliphatic imine (C=N–C) groups is 1. The summed E-state index contributed by atoms with van der Waals surface area (Å²) in [5.74, 6) is 0.572. The molecule has 2 aliphatic rings. The summed E-state index contributed by atoms with van der Waals surface area (Å²) in [6.07, 6.45) is 1.64. The highest BCUT2D eigenvalue weighted by Crippen LogP contribution is 2.37. The maximum absolute atomic E-state index is 13.0. The fourth-order valence-corrected chi connectivity index (χ4v) is 3.42. The molecule has 3 rings (SSSR count). The van der Waals surface area contributed by atoms with Crippen molar-refractivity contribution in [3.8, 4) is 5.88 Å². The molecule has 1 aromatic rings. The first-order valence-electron chi connectivity index (χ1n) is 10.1. The van der Waals surface area contributed by atoms with E-state index in [-0.39, 0.29) is 42.9 Å². The Kier molecular flexibility index (Phi) is 9.29. The summed E-state index contributed by atoms with van der Waals surface area (Å²) >= 11 is 0. The van der Waals surface area contributed by atoms with Gasteiger partial charge in [0.05, 0.1) is 19.1 Å². The molecule has 0 amide bonds. The number of alkyl halides is 3. The van der Waals surface area contributed by atoms with Crippen molar-refractivity contribution in [1.82, 2.24) is 15.6 Å². The second kappa shape index (κ2) is 11.2. The van der Waals surface area contributed by atoms with Crippen molar-refractivity contribution in [2.75, 3.05) is 13.2 Å². The molecule has 29 heavy (non-hydrogen) atoms. The molecule has 0 bridgehead atoms. The van der Waals surface area contributed by atoms with Crippen molar-refractivity contribution >= 4 is 29.9 Å². The first-order valence-corrected chi connectivity index (χ1v) is 10.1. The summed E-state index contributed by atoms with van der Waals surface area (Å²) in [6, 6.07) is 3.53. The quantitative estimate of drug-likeness (QED) is 0.308. The van der Waals surface area contributed by atoms with E-state index < -0.39 is 12.1 Å². The second-order valence-electron chi connectivity index (χ2n) is 7.70. The molecule has 164 valence electrons. The van der Waals surface area contributed by atoms with Gasteiger partial charge in [-0.15, -0.1) is 24.0 Å². The number of nitrogens with one attached hydrogen (secondary N) is 2. The van der Waals surface area contributed by atoms with E-state index in [1.807, 2.05) is 19.1 Å². The van der Waals surface area contributed by atoms with Crippen LogP contribution in [0.4, 0.5) is 13.2 Å². The van der Waals surface area contributed by atoms with Crippen LogP contribution in [0.2, 0.25) is 0 Å². The third-order valence-electron chi connectivity index (χ3n) is 5.21. The lowest BCUT2D eigenvalue weighted by Gasteiger charge is -2.31. The first kappa shape index (κ1) is 24.0. The van der Waals surface area contributed by atoms with Gasteiger partial charge in [0.1, 0.15) is 0 Å². The average Bonchev–Trinajstić information content (AvgIpc) is 3.49. The molecule has 5 nitrogen and oxygen atoms in total. The summed E-state index contributed by atoms with van der Waals surface area (Å²) in [7, 11) is 0. The normalized spacial score (nSPS) is 22.6. The van der Waals surface area contributed by atoms with Crippen LogP contribution >= 0.6 is 24.0 Å². The molecule has 0 saturated heterocycles. The maximum Gasteiger partial charge on any atom is 0.391 e. The van der Waals surface area contributed by atoms with Gasteiger partial charge in [-0.2, -0.15) is 13.2 Å². The average molecular weight is 526 g/mol. The molecule has 2 N–H and O–H groups in total. The minimum absolute atomic E-state index is 0. The molecule has 2 aliphatic carbocycles. The molecule has 0 aromatic carbocycles. The highest BCUT2D eigenvalue weighted by molar-refractivity contribution is 14.0. The number of pyridine rings is 1. The summed E-state index contributed by atoms with van der Waals surface area (Å²) in [4.78, 5) is 8.76. The van der Waals surface area contributed by atoms with Gasteiger partial charge in [0.25, 0.3) is 0 Å². The largest absolute Gasteiger partial charge is 0.477 e. The number of nitrogens with zero attached hydrogens (tertiary/aromatic N) is 2. The molecule has 1 aromatic heterocycles. The Morgan fingerprint density at radius 2 is 2.07 bits per heavy atom. The van der Waals surface area contributed by atoms with E-state index >= 15 is 0 Å². The zero-order valence-electron chi connectivity index (χ0n) is 16.7. The Morgan fingerprint density at radius 1 is 1.28 bits per heavy atom. The monoisotopic (exact) mass is 526 g/mol. The number of hydrogen-bond donors (Lipinski definition) is 2. The molecule has 2 atom stereocenters. The smallest absolute Gasteiger partial charge is 0.391 e. The summed E-state index contributed by atoms with van der Waals surface area (Å²) in [5, 5.41) is 6.31. The zero-order valence-corrected chi connectivity index (χ0v) is 19.0. The first-order chi connectivity index (χ1) is 13.4. The van der Waals surface area contributed by atoms with E-state index in [1.165, 1.54) is 12.8 Å². The zero-order chi connectivity index (χ0) is 20.0. The highest BCUT2D eigenvalue weighted by atomic mass is 127. The van der Waals surface area contributed by atoms with Crippen LogP contribution in [-0.4, -0.2) is 36.3 Å². The van der Waals surface area contributed by atoms with Crippen molar-refractivity contribution in [3.05, 3.63) is 23.9 Å². The van der Waals surface area contributed by atoms with E-state index in [0.29, 0.717) is 43.9 Å². The summed E-state index contributed by atoms with van der Waals surface area (Å²) in [5.41, 5.74) is 0.954. The van der Waals surface area contributed by atoms with Gasteiger partial charge in [-0.1, -0.05) is 6.42 Å². The van der Waals surface area contributed by atoms with Crippen LogP contribution < -0.4 is 15.4 Å². The van der Waals surface area contributed by atoms with E-state index in [0.717, 1.165) is 12.0 Å². The Labute approximate surface area is 187 Å². The Hall–Kier alpha value is -1.26. The molecule has 2 fully saturated rings. The van der Waals surface area contributed by atoms with E-state index in [1.54, 1.807) is 6.20 Å². The van der Waals surface area contributed by atoms with E-state index in [4.69, 9.17) is 4.74 Å². The third kappa shape index (κ3) is 8.18. The number of rotatable bonds is 7. The number of halogens is 4. The third-order valence-corrected chi connectivity index (χ3v) is 5.21. The minimum atomic E-state index is -4.12. The maximum atomic E-state index is 13.0. The van der Waals surface area contributed by atoms with Gasteiger partial charge in [-0.3, -0.25) is 0 Å². The van der Waals surface area contributed by atoms with Crippen LogP contribution in [0.5, 0.6) is 5.88 Å². The Morgan fingerprint density at radius 3 is 2.76 bits per heavy atom. The van der Waals surface area contributed by atoms with Gasteiger partial charge in [0.2, 0.25) is 5.88 Å². The lowest BCUT2D eigenvalue weighted by molar-refractivity contribution is -0.183. The second-order valence-corrected chi connectivity index (χ2v) is 7.70. The molecule has 0 radical (unpaired) electrons. The minimum Gasteiger partial charge on any atom is -0.477 e. The molecular formula is C20H30F3IN4O. The Balaban J connectivity index is 0.00000300. The van der Waals surface area contributed by atoms with Crippen LogP contribution in [0.3, 0.4) is 0 Å². The topological polar surface area (TPSA) is 58.5 Å². The van der Waals surface area contributed by atoms with E-state index in [9.17, 15) is 13.2 Å².